The number of alkyl halides is 3. The van der Waals surface area contributed by atoms with E-state index in [1.165, 1.54) is 18.2 Å². The average Bonchev–Trinajstić information content (AvgIpc) is 2.68. The fraction of sp³-hybridized carbons (Fsp3) is 0.273. The van der Waals surface area contributed by atoms with Gasteiger partial charge >= 0.3 is 6.36 Å². The molecule has 0 spiro atoms. The van der Waals surface area contributed by atoms with Crippen LogP contribution in [0.4, 0.5) is 18.3 Å². The maximum Gasteiger partial charge on any atom is 0.573 e. The first-order valence-electron chi connectivity index (χ1n) is 5.63. The van der Waals surface area contributed by atoms with Crippen LogP contribution in [-0.4, -0.2) is 23.9 Å². The molecule has 0 atom stereocenters. The van der Waals surface area contributed by atoms with E-state index >= 15 is 0 Å². The van der Waals surface area contributed by atoms with Crippen LogP contribution < -0.4 is 15.4 Å². The molecule has 2 aromatic rings. The molecule has 1 heterocycles. The minimum Gasteiger partial charge on any atom is -0.406 e. The Bertz CT molecular complexity index is 626. The van der Waals surface area contributed by atoms with Crippen LogP contribution in [0.5, 0.6) is 5.75 Å². The van der Waals surface area contributed by atoms with Gasteiger partial charge in [-0.1, -0.05) is 11.3 Å². The van der Waals surface area contributed by atoms with E-state index in [2.05, 4.69) is 20.4 Å². The van der Waals surface area contributed by atoms with Gasteiger partial charge in [0, 0.05) is 12.6 Å². The first-order chi connectivity index (χ1) is 9.37. The maximum atomic E-state index is 12.1. The van der Waals surface area contributed by atoms with Gasteiger partial charge in [0.2, 0.25) is 0 Å². The molecule has 0 aliphatic carbocycles. The second-order valence-electron chi connectivity index (χ2n) is 3.73. The van der Waals surface area contributed by atoms with Crippen LogP contribution in [0.1, 0.15) is 6.92 Å². The van der Waals surface area contributed by atoms with Gasteiger partial charge in [-0.05, 0) is 19.1 Å². The number of hydrogen-bond acceptors (Lipinski definition) is 4. The quantitative estimate of drug-likeness (QED) is 0.602. The first kappa shape index (κ1) is 14.4. The number of benzene rings is 1. The van der Waals surface area contributed by atoms with Gasteiger partial charge in [0.1, 0.15) is 5.75 Å². The number of ether oxygens (including phenoxy) is 1. The molecule has 0 saturated heterocycles. The van der Waals surface area contributed by atoms with E-state index in [-0.39, 0.29) is 11.7 Å². The van der Waals surface area contributed by atoms with Gasteiger partial charge in [0.25, 0.3) is 0 Å². The molecule has 0 fully saturated rings. The summed E-state index contributed by atoms with van der Waals surface area (Å²) in [6.45, 7) is 2.43. The number of anilines is 1. The zero-order valence-corrected chi connectivity index (χ0v) is 11.2. The fourth-order valence-corrected chi connectivity index (χ4v) is 2.38. The average molecular weight is 304 g/mol. The Hall–Kier alpha value is -2.03. The first-order valence-corrected chi connectivity index (χ1v) is 6.45. The molecule has 5 nitrogen and oxygen atoms in total. The number of fused-ring (bicyclic) bond motifs is 1. The highest BCUT2D eigenvalue weighted by Crippen LogP contribution is 2.31. The van der Waals surface area contributed by atoms with Gasteiger partial charge in [-0.25, -0.2) is 4.98 Å². The highest BCUT2D eigenvalue weighted by Gasteiger charge is 2.31. The van der Waals surface area contributed by atoms with Crippen LogP contribution in [-0.2, 0) is 0 Å². The molecule has 0 unspecified atom stereocenters. The summed E-state index contributed by atoms with van der Waals surface area (Å²) in [4.78, 5) is 4.16. The Balaban J connectivity index is 2.19. The Morgan fingerprint density at radius 1 is 1.45 bits per heavy atom. The molecule has 108 valence electrons. The molecule has 0 radical (unpaired) electrons. The minimum atomic E-state index is -4.72. The third kappa shape index (κ3) is 3.73. The second-order valence-corrected chi connectivity index (χ2v) is 4.76. The lowest BCUT2D eigenvalue weighted by atomic mass is 10.3. The summed E-state index contributed by atoms with van der Waals surface area (Å²) in [5.41, 5.74) is 0.538. The zero-order chi connectivity index (χ0) is 14.8. The summed E-state index contributed by atoms with van der Waals surface area (Å²) < 4.78 is 40.7. The topological polar surface area (TPSA) is 70.0 Å². The molecule has 20 heavy (non-hydrogen) atoms. The van der Waals surface area contributed by atoms with Crippen molar-refractivity contribution in [2.45, 2.75) is 13.3 Å². The van der Waals surface area contributed by atoms with E-state index < -0.39 is 6.36 Å². The summed E-state index contributed by atoms with van der Waals surface area (Å²) in [7, 11) is 0. The largest absolute Gasteiger partial charge is 0.573 e. The summed E-state index contributed by atoms with van der Waals surface area (Å²) in [5, 5.41) is 13.4. The maximum absolute atomic E-state index is 12.1. The van der Waals surface area contributed by atoms with Crippen molar-refractivity contribution in [2.75, 3.05) is 11.9 Å². The van der Waals surface area contributed by atoms with Gasteiger partial charge in [-0.15, -0.1) is 13.2 Å². The van der Waals surface area contributed by atoms with Crippen molar-refractivity contribution in [2.24, 2.45) is 0 Å². The lowest BCUT2D eigenvalue weighted by Crippen LogP contribution is -2.28. The van der Waals surface area contributed by atoms with Crippen LogP contribution in [0.25, 0.3) is 10.2 Å². The van der Waals surface area contributed by atoms with Gasteiger partial charge in [-0.2, -0.15) is 0 Å². The summed E-state index contributed by atoms with van der Waals surface area (Å²) in [5.74, 6) is -0.208. The van der Waals surface area contributed by atoms with Crippen LogP contribution >= 0.6 is 11.3 Å². The van der Waals surface area contributed by atoms with Crippen LogP contribution in [0.2, 0.25) is 0 Å². The van der Waals surface area contributed by atoms with Crippen molar-refractivity contribution in [3.8, 4) is 5.75 Å². The molecular weight excluding hydrogens is 293 g/mol. The normalized spacial score (nSPS) is 11.4. The van der Waals surface area contributed by atoms with Crippen LogP contribution in [0.15, 0.2) is 18.2 Å². The molecule has 2 rings (SSSR count). The van der Waals surface area contributed by atoms with Crippen LogP contribution in [0.3, 0.4) is 0 Å². The van der Waals surface area contributed by atoms with E-state index in [0.717, 1.165) is 11.3 Å². The van der Waals surface area contributed by atoms with Gasteiger partial charge in [0.15, 0.2) is 11.1 Å². The highest BCUT2D eigenvalue weighted by atomic mass is 32.1. The molecule has 0 aliphatic rings. The lowest BCUT2D eigenvalue weighted by Gasteiger charge is -2.07. The number of nitrogens with zero attached hydrogens (tertiary/aromatic N) is 1. The smallest absolute Gasteiger partial charge is 0.406 e. The fourth-order valence-electron chi connectivity index (χ4n) is 1.48. The van der Waals surface area contributed by atoms with E-state index in [1.807, 2.05) is 6.92 Å². The summed E-state index contributed by atoms with van der Waals surface area (Å²) >= 11 is 1.14. The number of thiazole rings is 1. The molecule has 0 bridgehead atoms. The molecule has 0 saturated carbocycles. The van der Waals surface area contributed by atoms with Crippen LogP contribution in [0, 0.1) is 5.41 Å². The number of rotatable bonds is 3. The predicted octanol–water partition coefficient (Wildman–Crippen LogP) is 3.15. The number of halogens is 3. The number of guanidine groups is 1. The SMILES string of the molecule is CCNC(=N)Nc1nc2ccc(OC(F)(F)F)cc2s1. The number of nitrogens with one attached hydrogen (secondary N) is 3. The monoisotopic (exact) mass is 304 g/mol. The third-order valence-electron chi connectivity index (χ3n) is 2.18. The minimum absolute atomic E-state index is 0.0818. The lowest BCUT2D eigenvalue weighted by molar-refractivity contribution is -0.274. The van der Waals surface area contributed by atoms with E-state index in [0.29, 0.717) is 21.9 Å². The van der Waals surface area contributed by atoms with Crippen molar-refractivity contribution in [1.29, 1.82) is 5.41 Å². The standard InChI is InChI=1S/C11H11F3N4OS/c1-2-16-9(15)18-10-17-7-4-3-6(5-8(7)20-10)19-11(12,13)14/h3-5H,2H2,1H3,(H3,15,16,17,18). The van der Waals surface area contributed by atoms with Gasteiger partial charge < -0.3 is 15.4 Å². The number of hydrogen-bond donors (Lipinski definition) is 3. The Morgan fingerprint density at radius 3 is 2.85 bits per heavy atom. The van der Waals surface area contributed by atoms with E-state index in [4.69, 9.17) is 5.41 Å². The molecule has 1 aromatic heterocycles. The second kappa shape index (κ2) is 5.53. The summed E-state index contributed by atoms with van der Waals surface area (Å²) in [6, 6.07) is 3.91. The van der Waals surface area contributed by atoms with E-state index in [9.17, 15) is 13.2 Å². The number of aromatic nitrogens is 1. The van der Waals surface area contributed by atoms with Crippen molar-refractivity contribution in [3.63, 3.8) is 0 Å². The third-order valence-corrected chi connectivity index (χ3v) is 3.11. The molecular formula is C11H11F3N4OS. The van der Waals surface area contributed by atoms with Gasteiger partial charge in [0.05, 0.1) is 10.2 Å². The van der Waals surface area contributed by atoms with E-state index in [1.54, 1.807) is 0 Å². The Kier molecular flexibility index (Phi) is 3.98. The van der Waals surface area contributed by atoms with Crippen molar-refractivity contribution >= 4 is 32.6 Å². The molecule has 0 aliphatic heterocycles. The van der Waals surface area contributed by atoms with Gasteiger partial charge in [-0.3, -0.25) is 5.41 Å². The molecule has 3 N–H and O–H groups in total. The van der Waals surface area contributed by atoms with Crippen molar-refractivity contribution in [3.05, 3.63) is 18.2 Å². The zero-order valence-electron chi connectivity index (χ0n) is 10.3. The summed E-state index contributed by atoms with van der Waals surface area (Å²) in [6.07, 6.45) is -4.72. The molecule has 0 amide bonds. The molecule has 9 heteroatoms. The van der Waals surface area contributed by atoms with Crippen molar-refractivity contribution < 1.29 is 17.9 Å². The molecule has 1 aromatic carbocycles. The Labute approximate surface area is 116 Å². The Morgan fingerprint density at radius 2 is 2.20 bits per heavy atom. The predicted molar refractivity (Wildman–Crippen MR) is 71.3 cm³/mol. The van der Waals surface area contributed by atoms with Crippen molar-refractivity contribution in [1.82, 2.24) is 10.3 Å². The highest BCUT2D eigenvalue weighted by molar-refractivity contribution is 7.22.